The quantitative estimate of drug-likeness (QED) is 0.642. The number of hydrogen-bond acceptors (Lipinski definition) is 5. The van der Waals surface area contributed by atoms with Gasteiger partial charge in [0.2, 0.25) is 0 Å². The minimum absolute atomic E-state index is 0.755. The van der Waals surface area contributed by atoms with E-state index in [0.717, 1.165) is 18.2 Å². The number of rotatable bonds is 5. The molecule has 0 bridgehead atoms. The Kier molecular flexibility index (Phi) is 4.17. The molecule has 0 fully saturated rings. The largest absolute Gasteiger partial charge is 0.366 e. The Bertz CT molecular complexity index is 509. The number of nitrogens with two attached hydrogens (primary N) is 1. The molecule has 0 amide bonds. The summed E-state index contributed by atoms with van der Waals surface area (Å²) in [4.78, 5) is 7.73. The van der Waals surface area contributed by atoms with E-state index in [1.54, 1.807) is 11.3 Å². The molecule has 96 valence electrons. The Hall–Kier alpha value is -1.59. The number of nitrogen functional groups attached to an aromatic ring is 1. The van der Waals surface area contributed by atoms with Crippen molar-refractivity contribution >= 4 is 22.2 Å². The van der Waals surface area contributed by atoms with Gasteiger partial charge < -0.3 is 4.90 Å². The molecule has 0 radical (unpaired) electrons. The number of benzene rings is 1. The van der Waals surface area contributed by atoms with Crippen molar-refractivity contribution in [3.63, 3.8) is 0 Å². The van der Waals surface area contributed by atoms with E-state index in [0.29, 0.717) is 0 Å². The van der Waals surface area contributed by atoms with Crippen LogP contribution in [0.5, 0.6) is 0 Å². The number of nitrogens with one attached hydrogen (secondary N) is 1. The summed E-state index contributed by atoms with van der Waals surface area (Å²) in [5, 5.41) is 0.755. The van der Waals surface area contributed by atoms with Crippen LogP contribution < -0.4 is 16.2 Å². The van der Waals surface area contributed by atoms with Gasteiger partial charge in [0.05, 0.1) is 6.54 Å². The van der Waals surface area contributed by atoms with Gasteiger partial charge in [-0.25, -0.2) is 10.8 Å². The SMILES string of the molecule is CCN(Cc1cnc(NN)s1)c1ccccc1C. The van der Waals surface area contributed by atoms with Gasteiger partial charge in [-0.1, -0.05) is 29.5 Å². The number of anilines is 2. The predicted molar refractivity (Wildman–Crippen MR) is 77.8 cm³/mol. The first kappa shape index (κ1) is 12.9. The minimum Gasteiger partial charge on any atom is -0.366 e. The van der Waals surface area contributed by atoms with Crippen LogP contribution in [0.15, 0.2) is 30.5 Å². The van der Waals surface area contributed by atoms with Crippen molar-refractivity contribution in [1.29, 1.82) is 0 Å². The molecule has 2 aromatic rings. The first-order valence-electron chi connectivity index (χ1n) is 5.96. The standard InChI is InChI=1S/C13H18N4S/c1-3-17(12-7-5-4-6-10(12)2)9-11-8-15-13(16-14)18-11/h4-8H,3,9,14H2,1-2H3,(H,15,16). The molecule has 4 nitrogen and oxygen atoms in total. The molecule has 0 atom stereocenters. The molecular weight excluding hydrogens is 244 g/mol. The molecule has 1 aromatic heterocycles. The van der Waals surface area contributed by atoms with E-state index in [1.807, 2.05) is 6.20 Å². The molecular formula is C13H18N4S. The minimum atomic E-state index is 0.755. The highest BCUT2D eigenvalue weighted by Crippen LogP contribution is 2.24. The summed E-state index contributed by atoms with van der Waals surface area (Å²) >= 11 is 1.59. The third-order valence-electron chi connectivity index (χ3n) is 2.86. The second kappa shape index (κ2) is 5.84. The third kappa shape index (κ3) is 2.80. The van der Waals surface area contributed by atoms with Crippen molar-refractivity contribution in [2.45, 2.75) is 20.4 Å². The molecule has 1 aromatic carbocycles. The molecule has 0 aliphatic rings. The number of hydrogen-bond donors (Lipinski definition) is 2. The fourth-order valence-electron chi connectivity index (χ4n) is 1.92. The molecule has 5 heteroatoms. The Labute approximate surface area is 111 Å². The van der Waals surface area contributed by atoms with Crippen molar-refractivity contribution in [3.8, 4) is 0 Å². The zero-order valence-electron chi connectivity index (χ0n) is 10.7. The number of hydrazine groups is 1. The van der Waals surface area contributed by atoms with Crippen LogP contribution in [-0.4, -0.2) is 11.5 Å². The van der Waals surface area contributed by atoms with Crippen LogP contribution in [0.25, 0.3) is 0 Å². The maximum atomic E-state index is 5.35. The zero-order chi connectivity index (χ0) is 13.0. The van der Waals surface area contributed by atoms with Gasteiger partial charge in [-0.3, -0.25) is 5.43 Å². The van der Waals surface area contributed by atoms with Gasteiger partial charge in [0.15, 0.2) is 5.13 Å². The highest BCUT2D eigenvalue weighted by molar-refractivity contribution is 7.15. The fraction of sp³-hybridized carbons (Fsp3) is 0.308. The van der Waals surface area contributed by atoms with Crippen LogP contribution in [0, 0.1) is 6.92 Å². The first-order chi connectivity index (χ1) is 8.74. The van der Waals surface area contributed by atoms with E-state index in [2.05, 4.69) is 53.4 Å². The monoisotopic (exact) mass is 262 g/mol. The maximum Gasteiger partial charge on any atom is 0.197 e. The van der Waals surface area contributed by atoms with E-state index in [-0.39, 0.29) is 0 Å². The van der Waals surface area contributed by atoms with E-state index >= 15 is 0 Å². The van der Waals surface area contributed by atoms with Crippen molar-refractivity contribution in [2.75, 3.05) is 16.9 Å². The van der Waals surface area contributed by atoms with Crippen LogP contribution in [-0.2, 0) is 6.54 Å². The van der Waals surface area contributed by atoms with Crippen LogP contribution in [0.2, 0.25) is 0 Å². The van der Waals surface area contributed by atoms with Gasteiger partial charge in [0.25, 0.3) is 0 Å². The van der Waals surface area contributed by atoms with E-state index in [1.165, 1.54) is 16.1 Å². The average molecular weight is 262 g/mol. The predicted octanol–water partition coefficient (Wildman–Crippen LogP) is 2.76. The van der Waals surface area contributed by atoms with Crippen LogP contribution in [0.4, 0.5) is 10.8 Å². The lowest BCUT2D eigenvalue weighted by molar-refractivity contribution is 0.836. The zero-order valence-corrected chi connectivity index (χ0v) is 11.5. The molecule has 0 spiro atoms. The Morgan fingerprint density at radius 3 is 2.78 bits per heavy atom. The lowest BCUT2D eigenvalue weighted by Crippen LogP contribution is -2.22. The number of thiazole rings is 1. The lowest BCUT2D eigenvalue weighted by Gasteiger charge is -2.24. The van der Waals surface area contributed by atoms with Crippen LogP contribution in [0.3, 0.4) is 0 Å². The molecule has 0 unspecified atom stereocenters. The summed E-state index contributed by atoms with van der Waals surface area (Å²) in [6.07, 6.45) is 1.88. The topological polar surface area (TPSA) is 54.2 Å². The third-order valence-corrected chi connectivity index (χ3v) is 3.77. The molecule has 0 aliphatic carbocycles. The molecule has 2 rings (SSSR count). The maximum absolute atomic E-state index is 5.35. The molecule has 0 saturated heterocycles. The molecule has 0 aliphatic heterocycles. The number of nitrogens with zero attached hydrogens (tertiary/aromatic N) is 2. The highest BCUT2D eigenvalue weighted by atomic mass is 32.1. The fourth-order valence-corrected chi connectivity index (χ4v) is 2.66. The Morgan fingerprint density at radius 2 is 2.17 bits per heavy atom. The van der Waals surface area contributed by atoms with Crippen molar-refractivity contribution < 1.29 is 0 Å². The summed E-state index contributed by atoms with van der Waals surface area (Å²) in [5.41, 5.74) is 5.15. The van der Waals surface area contributed by atoms with Gasteiger partial charge in [-0.05, 0) is 25.5 Å². The smallest absolute Gasteiger partial charge is 0.197 e. The molecule has 18 heavy (non-hydrogen) atoms. The molecule has 3 N–H and O–H groups in total. The van der Waals surface area contributed by atoms with Crippen molar-refractivity contribution in [1.82, 2.24) is 4.98 Å². The summed E-state index contributed by atoms with van der Waals surface area (Å²) in [7, 11) is 0. The van der Waals surface area contributed by atoms with Gasteiger partial charge in [-0.15, -0.1) is 0 Å². The second-order valence-corrected chi connectivity index (χ2v) is 5.19. The lowest BCUT2D eigenvalue weighted by atomic mass is 10.2. The summed E-state index contributed by atoms with van der Waals surface area (Å²) in [6, 6.07) is 8.43. The first-order valence-corrected chi connectivity index (χ1v) is 6.78. The Morgan fingerprint density at radius 1 is 1.39 bits per heavy atom. The summed E-state index contributed by atoms with van der Waals surface area (Å²) in [5.74, 6) is 5.35. The summed E-state index contributed by atoms with van der Waals surface area (Å²) < 4.78 is 0. The highest BCUT2D eigenvalue weighted by Gasteiger charge is 2.09. The van der Waals surface area contributed by atoms with E-state index < -0.39 is 0 Å². The van der Waals surface area contributed by atoms with Gasteiger partial charge in [0, 0.05) is 23.3 Å². The van der Waals surface area contributed by atoms with Gasteiger partial charge >= 0.3 is 0 Å². The Balaban J connectivity index is 2.17. The second-order valence-electron chi connectivity index (χ2n) is 4.08. The van der Waals surface area contributed by atoms with Crippen molar-refractivity contribution in [3.05, 3.63) is 40.9 Å². The van der Waals surface area contributed by atoms with Gasteiger partial charge in [-0.2, -0.15) is 0 Å². The van der Waals surface area contributed by atoms with Gasteiger partial charge in [0.1, 0.15) is 0 Å². The van der Waals surface area contributed by atoms with Crippen LogP contribution >= 0.6 is 11.3 Å². The van der Waals surface area contributed by atoms with E-state index in [4.69, 9.17) is 5.84 Å². The number of aromatic nitrogens is 1. The van der Waals surface area contributed by atoms with Crippen molar-refractivity contribution in [2.24, 2.45) is 5.84 Å². The summed E-state index contributed by atoms with van der Waals surface area (Å²) in [6.45, 7) is 6.13. The normalized spacial score (nSPS) is 10.4. The van der Waals surface area contributed by atoms with E-state index in [9.17, 15) is 0 Å². The van der Waals surface area contributed by atoms with Crippen LogP contribution in [0.1, 0.15) is 17.4 Å². The molecule has 0 saturated carbocycles. The average Bonchev–Trinajstić information content (AvgIpc) is 2.85. The number of aryl methyl sites for hydroxylation is 1. The number of para-hydroxylation sites is 1. The molecule has 1 heterocycles.